The third-order valence-electron chi connectivity index (χ3n) is 4.13. The van der Waals surface area contributed by atoms with E-state index in [2.05, 4.69) is 4.98 Å². The van der Waals surface area contributed by atoms with Crippen molar-refractivity contribution in [2.45, 2.75) is 49.7 Å². The number of rotatable bonds is 11. The van der Waals surface area contributed by atoms with Gasteiger partial charge in [-0.25, -0.2) is 4.98 Å². The maximum Gasteiger partial charge on any atom is 0.490 e. The molecule has 1 aromatic rings. The number of hydrogen-bond acceptors (Lipinski definition) is 11. The molecule has 0 aromatic carbocycles. The standard InChI is InChI=1S/C13H24N3O9P2/c1-10(17)23-26(20)13(19,8-16-6-5-15-9-16)27(21,22)25-24-12(3-2-4-12)11(18)7-14/h5-6,9-10,17,19-22H,2-4,7-8,14H2,1H3/q+1/t10-,13?,26+/m1/s1. The molecule has 154 valence electrons. The van der Waals surface area contributed by atoms with Crippen LogP contribution in [0.4, 0.5) is 0 Å². The molecule has 1 aromatic heterocycles. The molecule has 0 spiro atoms. The van der Waals surface area contributed by atoms with Crippen LogP contribution in [0.5, 0.6) is 0 Å². The first-order valence-corrected chi connectivity index (χ1v) is 10.9. The van der Waals surface area contributed by atoms with Gasteiger partial charge in [0.2, 0.25) is 0 Å². The maximum atomic E-state index is 12.0. The highest BCUT2D eigenvalue weighted by atomic mass is 31.3. The van der Waals surface area contributed by atoms with Crippen LogP contribution in [0, 0.1) is 0 Å². The molecule has 1 unspecified atom stereocenters. The van der Waals surface area contributed by atoms with Crippen molar-refractivity contribution in [3.05, 3.63) is 18.7 Å². The summed E-state index contributed by atoms with van der Waals surface area (Å²) >= 11 is 0. The number of aliphatic hydroxyl groups excluding tert-OH is 1. The largest absolute Gasteiger partial charge is 0.490 e. The molecule has 1 saturated carbocycles. The Morgan fingerprint density at radius 1 is 1.52 bits per heavy atom. The van der Waals surface area contributed by atoms with E-state index in [-0.39, 0.29) is 19.4 Å². The number of aromatic nitrogens is 2. The predicted octanol–water partition coefficient (Wildman–Crippen LogP) is -0.666. The number of nitrogens with zero attached hydrogens (tertiary/aromatic N) is 2. The summed E-state index contributed by atoms with van der Waals surface area (Å²) in [5.41, 5.74) is 3.91. The first-order chi connectivity index (χ1) is 12.6. The molecule has 1 aliphatic rings. The number of imidazole rings is 1. The second kappa shape index (κ2) is 8.81. The monoisotopic (exact) mass is 428 g/mol. The highest BCUT2D eigenvalue weighted by Gasteiger charge is 2.70. The van der Waals surface area contributed by atoms with Crippen LogP contribution in [0.3, 0.4) is 0 Å². The van der Waals surface area contributed by atoms with Crippen molar-refractivity contribution in [3.8, 4) is 0 Å². The number of Topliss-reactive ketones (excluding diaryl/α,β-unsaturated/α-hetero) is 1. The van der Waals surface area contributed by atoms with E-state index in [0.717, 1.165) is 0 Å². The molecule has 1 aliphatic carbocycles. The number of carbonyl (C=O) groups is 1. The Morgan fingerprint density at radius 2 is 2.19 bits per heavy atom. The van der Waals surface area contributed by atoms with Crippen LogP contribution >= 0.6 is 16.3 Å². The van der Waals surface area contributed by atoms with Gasteiger partial charge in [-0.15, -0.1) is 0 Å². The van der Waals surface area contributed by atoms with Crippen LogP contribution in [0.2, 0.25) is 0 Å². The molecule has 3 atom stereocenters. The van der Waals surface area contributed by atoms with Crippen LogP contribution in [-0.4, -0.2) is 63.7 Å². The van der Waals surface area contributed by atoms with Gasteiger partial charge < -0.3 is 25.4 Å². The van der Waals surface area contributed by atoms with Crippen molar-refractivity contribution in [2.75, 3.05) is 6.54 Å². The van der Waals surface area contributed by atoms with E-state index in [1.54, 1.807) is 0 Å². The molecule has 2 rings (SSSR count). The lowest BCUT2D eigenvalue weighted by Gasteiger charge is -2.38. The zero-order valence-electron chi connectivity index (χ0n) is 14.6. The van der Waals surface area contributed by atoms with Gasteiger partial charge in [-0.1, -0.05) is 0 Å². The highest BCUT2D eigenvalue weighted by Crippen LogP contribution is 2.74. The smallest absolute Gasteiger partial charge is 0.368 e. The first-order valence-electron chi connectivity index (χ1n) is 8.04. The molecule has 0 amide bonds. The third-order valence-corrected chi connectivity index (χ3v) is 8.05. The summed E-state index contributed by atoms with van der Waals surface area (Å²) in [5, 5.41) is 17.4. The van der Waals surface area contributed by atoms with Gasteiger partial charge in [-0.05, 0) is 30.9 Å². The summed E-state index contributed by atoms with van der Waals surface area (Å²) in [6.07, 6.45) is 3.68. The Bertz CT molecular complexity index is 627. The minimum absolute atomic E-state index is 0.265. The fourth-order valence-corrected chi connectivity index (χ4v) is 4.98. The minimum Gasteiger partial charge on any atom is -0.368 e. The van der Waals surface area contributed by atoms with Gasteiger partial charge in [0, 0.05) is 12.4 Å². The van der Waals surface area contributed by atoms with E-state index in [1.165, 1.54) is 30.2 Å². The lowest BCUT2D eigenvalue weighted by Crippen LogP contribution is -2.51. The lowest BCUT2D eigenvalue weighted by atomic mass is 9.77. The fourth-order valence-electron chi connectivity index (χ4n) is 2.39. The van der Waals surface area contributed by atoms with Crippen molar-refractivity contribution < 1.29 is 43.8 Å². The van der Waals surface area contributed by atoms with Crippen molar-refractivity contribution >= 4 is 22.1 Å². The van der Waals surface area contributed by atoms with Crippen LogP contribution in [0.15, 0.2) is 18.7 Å². The number of hydrogen-bond donors (Lipinski definition) is 6. The Kier molecular flexibility index (Phi) is 7.40. The molecule has 14 heteroatoms. The van der Waals surface area contributed by atoms with Crippen LogP contribution in [-0.2, 0) is 25.4 Å². The maximum absolute atomic E-state index is 12.0. The van der Waals surface area contributed by atoms with Crippen LogP contribution in [0.1, 0.15) is 26.2 Å². The highest BCUT2D eigenvalue weighted by molar-refractivity contribution is 7.74. The zero-order chi connectivity index (χ0) is 20.3. The summed E-state index contributed by atoms with van der Waals surface area (Å²) in [5.74, 6) is -0.488. The second-order valence-electron chi connectivity index (χ2n) is 6.16. The molecule has 0 radical (unpaired) electrons. The Hall–Kier alpha value is -0.620. The van der Waals surface area contributed by atoms with Crippen molar-refractivity contribution in [2.24, 2.45) is 5.73 Å². The molecular weight excluding hydrogens is 404 g/mol. The predicted molar refractivity (Wildman–Crippen MR) is 93.3 cm³/mol. The SMILES string of the molecule is C[C@H](O)O[P@](O)C(O)(Cn1ccnc1)[P+](O)(O)OOC1(C(=O)CN)CCC1. The molecule has 0 saturated heterocycles. The van der Waals surface area contributed by atoms with Crippen molar-refractivity contribution in [3.63, 3.8) is 0 Å². The average Bonchev–Trinajstić information content (AvgIpc) is 3.05. The summed E-state index contributed by atoms with van der Waals surface area (Å²) in [4.78, 5) is 51.8. The molecule has 12 nitrogen and oxygen atoms in total. The molecule has 7 N–H and O–H groups in total. The third kappa shape index (κ3) is 4.87. The van der Waals surface area contributed by atoms with Gasteiger partial charge in [-0.2, -0.15) is 14.7 Å². The Labute approximate surface area is 156 Å². The summed E-state index contributed by atoms with van der Waals surface area (Å²) in [6, 6.07) is 0. The molecule has 1 fully saturated rings. The first kappa shape index (κ1) is 22.7. The Balaban J connectivity index is 2.22. The zero-order valence-corrected chi connectivity index (χ0v) is 16.4. The van der Waals surface area contributed by atoms with Gasteiger partial charge in [0.25, 0.3) is 8.38 Å². The van der Waals surface area contributed by atoms with Crippen LogP contribution < -0.4 is 5.73 Å². The van der Waals surface area contributed by atoms with E-state index in [0.29, 0.717) is 6.42 Å². The van der Waals surface area contributed by atoms with E-state index < -0.39 is 45.6 Å². The summed E-state index contributed by atoms with van der Waals surface area (Å²) in [6.45, 7) is 0.241. The number of nitrogens with two attached hydrogens (primary N) is 1. The van der Waals surface area contributed by atoms with Gasteiger partial charge >= 0.3 is 13.0 Å². The molecular formula is C13H24N3O9P2+. The summed E-state index contributed by atoms with van der Waals surface area (Å²) in [7, 11) is -7.93. The lowest BCUT2D eigenvalue weighted by molar-refractivity contribution is -0.312. The molecule has 0 bridgehead atoms. The van der Waals surface area contributed by atoms with E-state index in [4.69, 9.17) is 19.8 Å². The van der Waals surface area contributed by atoms with Crippen molar-refractivity contribution in [1.29, 1.82) is 0 Å². The van der Waals surface area contributed by atoms with E-state index >= 15 is 0 Å². The molecule has 27 heavy (non-hydrogen) atoms. The average molecular weight is 428 g/mol. The second-order valence-corrected chi connectivity index (χ2v) is 9.99. The van der Waals surface area contributed by atoms with Gasteiger partial charge in [0.1, 0.15) is 6.54 Å². The van der Waals surface area contributed by atoms with Gasteiger partial charge in [-0.3, -0.25) is 9.32 Å². The topological polar surface area (TPSA) is 190 Å². The Morgan fingerprint density at radius 3 is 2.63 bits per heavy atom. The van der Waals surface area contributed by atoms with E-state index in [9.17, 15) is 29.7 Å². The minimum atomic E-state index is -4.91. The molecule has 1 heterocycles. The fraction of sp³-hybridized carbons (Fsp3) is 0.692. The number of aliphatic hydroxyl groups is 2. The van der Waals surface area contributed by atoms with Gasteiger partial charge in [0.15, 0.2) is 17.7 Å². The number of carbonyl (C=O) groups excluding carboxylic acids is 1. The van der Waals surface area contributed by atoms with Gasteiger partial charge in [0.05, 0.1) is 12.9 Å². The number of ketones is 1. The quantitative estimate of drug-likeness (QED) is 0.113. The van der Waals surface area contributed by atoms with Crippen molar-refractivity contribution in [1.82, 2.24) is 9.55 Å². The molecule has 0 aliphatic heterocycles. The normalized spacial score (nSPS) is 21.1. The van der Waals surface area contributed by atoms with Crippen LogP contribution in [0.25, 0.3) is 0 Å². The van der Waals surface area contributed by atoms with E-state index in [1.807, 2.05) is 0 Å². The summed E-state index contributed by atoms with van der Waals surface area (Å²) < 4.78 is 10.7.